The highest BCUT2D eigenvalue weighted by Gasteiger charge is 2.42. The summed E-state index contributed by atoms with van der Waals surface area (Å²) in [5, 5.41) is 55.4. The second-order valence-corrected chi connectivity index (χ2v) is 26.7. The van der Waals surface area contributed by atoms with Crippen LogP contribution in [0.3, 0.4) is 0 Å². The number of carbonyl (C=O) groups is 12. The summed E-state index contributed by atoms with van der Waals surface area (Å²) in [6.07, 6.45) is 4.05. The summed E-state index contributed by atoms with van der Waals surface area (Å²) in [6.45, 7) is 0.736. The van der Waals surface area contributed by atoms with Gasteiger partial charge in [-0.1, -0.05) is 70.5 Å². The molecule has 29 nitrogen and oxygen atoms in total. The zero-order chi connectivity index (χ0) is 69.3. The first kappa shape index (κ1) is 74.5. The van der Waals surface area contributed by atoms with Crippen LogP contribution in [0.1, 0.15) is 107 Å². The highest BCUT2D eigenvalue weighted by atomic mass is 33.1. The van der Waals surface area contributed by atoms with Crippen LogP contribution in [0.5, 0.6) is 11.5 Å². The third kappa shape index (κ3) is 23.2. The number of phenolic OH excluding ortho intramolecular Hbond substituents is 2. The van der Waals surface area contributed by atoms with Crippen LogP contribution in [0.15, 0.2) is 79.0 Å². The second kappa shape index (κ2) is 37.4. The minimum absolute atomic E-state index is 0.0251. The van der Waals surface area contributed by atoms with Crippen molar-refractivity contribution in [2.24, 2.45) is 23.1 Å². The lowest BCUT2D eigenvalue weighted by Crippen LogP contribution is -2.61. The van der Waals surface area contributed by atoms with Gasteiger partial charge in [0.25, 0.3) is 0 Å². The molecule has 0 unspecified atom stereocenters. The van der Waals surface area contributed by atoms with E-state index in [1.807, 2.05) is 18.2 Å². The van der Waals surface area contributed by atoms with Gasteiger partial charge < -0.3 is 90.3 Å². The summed E-state index contributed by atoms with van der Waals surface area (Å²) < 4.78 is 0. The second-order valence-electron chi connectivity index (χ2n) is 24.2. The number of benzene rings is 3. The number of amides is 11. The Balaban J connectivity index is 1.21. The molecular formula is C65H88N14O15S2. The topological polar surface area (TPSA) is 471 Å². The quantitative estimate of drug-likeness (QED) is 0.0379. The molecule has 0 spiro atoms. The van der Waals surface area contributed by atoms with E-state index in [1.54, 1.807) is 24.4 Å². The maximum atomic E-state index is 15.0. The number of aromatic hydroxyl groups is 2. The van der Waals surface area contributed by atoms with E-state index < -0.39 is 138 Å². The molecular weight excluding hydrogens is 1280 g/mol. The van der Waals surface area contributed by atoms with E-state index in [-0.39, 0.29) is 93.5 Å². The fourth-order valence-electron chi connectivity index (χ4n) is 11.3. The minimum Gasteiger partial charge on any atom is -0.508 e. The van der Waals surface area contributed by atoms with E-state index >= 15 is 0 Å². The minimum atomic E-state index is -1.58. The van der Waals surface area contributed by atoms with E-state index in [9.17, 15) is 72.9 Å². The Morgan fingerprint density at radius 3 is 1.95 bits per heavy atom. The number of H-pyrrole nitrogens is 1. The zero-order valence-corrected chi connectivity index (χ0v) is 54.9. The fraction of sp³-hybridized carbons (Fsp3) is 0.508. The molecule has 9 atom stereocenters. The number of carboxylic acid groups (broad SMARTS) is 1. The van der Waals surface area contributed by atoms with Gasteiger partial charge >= 0.3 is 5.97 Å². The molecule has 520 valence electrons. The number of nitrogens with zero attached hydrogens (tertiary/aromatic N) is 1. The van der Waals surface area contributed by atoms with Gasteiger partial charge in [0.05, 0.1) is 0 Å². The highest BCUT2D eigenvalue weighted by molar-refractivity contribution is 8.76. The molecule has 0 bridgehead atoms. The molecule has 1 saturated carbocycles. The number of likely N-dealkylation sites (tertiary alicyclic amines) is 1. The van der Waals surface area contributed by atoms with E-state index in [4.69, 9.17) is 17.2 Å². The van der Waals surface area contributed by atoms with Crippen molar-refractivity contribution < 1.29 is 72.9 Å². The Labute approximate surface area is 563 Å². The number of primary amides is 1. The zero-order valence-electron chi connectivity index (χ0n) is 53.3. The number of carbonyl (C=O) groups excluding carboxylic acids is 11. The molecule has 4 aromatic rings. The summed E-state index contributed by atoms with van der Waals surface area (Å²) in [6, 6.07) is 6.82. The lowest BCUT2D eigenvalue weighted by molar-refractivity contribution is -0.139. The maximum absolute atomic E-state index is 15.0. The van der Waals surface area contributed by atoms with Gasteiger partial charge in [-0.2, -0.15) is 0 Å². The monoisotopic (exact) mass is 1370 g/mol. The number of phenols is 2. The summed E-state index contributed by atoms with van der Waals surface area (Å²) >= 11 is 0. The van der Waals surface area contributed by atoms with Gasteiger partial charge in [-0.15, -0.1) is 0 Å². The first-order valence-corrected chi connectivity index (χ1v) is 34.9. The molecule has 96 heavy (non-hydrogen) atoms. The molecule has 3 aromatic carbocycles. The van der Waals surface area contributed by atoms with Gasteiger partial charge in [0.15, 0.2) is 0 Å². The number of aromatic amines is 1. The summed E-state index contributed by atoms with van der Waals surface area (Å²) in [4.78, 5) is 172. The number of aromatic nitrogens is 1. The number of nitrogens with one attached hydrogen (secondary N) is 10. The van der Waals surface area contributed by atoms with E-state index in [0.29, 0.717) is 74.6 Å². The summed E-state index contributed by atoms with van der Waals surface area (Å²) in [7, 11) is 1.84. The third-order valence-electron chi connectivity index (χ3n) is 16.8. The average Bonchev–Trinajstić information content (AvgIpc) is 1.57. The van der Waals surface area contributed by atoms with Crippen molar-refractivity contribution in [3.8, 4) is 11.5 Å². The molecule has 3 aliphatic rings. The molecule has 7 rings (SSSR count). The van der Waals surface area contributed by atoms with Gasteiger partial charge in [0.1, 0.15) is 65.9 Å². The number of carboxylic acids is 1. The Bertz CT molecular complexity index is 3370. The Hall–Kier alpha value is -8.94. The molecule has 3 fully saturated rings. The number of nitrogens with two attached hydrogens (primary N) is 3. The van der Waals surface area contributed by atoms with Crippen LogP contribution in [-0.2, 0) is 76.8 Å². The van der Waals surface area contributed by atoms with Gasteiger partial charge in [0, 0.05) is 86.8 Å². The summed E-state index contributed by atoms with van der Waals surface area (Å²) in [5.74, 6) is -10.9. The Morgan fingerprint density at radius 1 is 0.635 bits per heavy atom. The molecule has 11 amide bonds. The molecule has 1 aliphatic carbocycles. The predicted octanol–water partition coefficient (Wildman–Crippen LogP) is -0.214. The highest BCUT2D eigenvalue weighted by Crippen LogP contribution is 2.33. The Morgan fingerprint density at radius 2 is 1.28 bits per heavy atom. The van der Waals surface area contributed by atoms with Crippen molar-refractivity contribution in [3.05, 3.63) is 95.7 Å². The Kier molecular flexibility index (Phi) is 29.0. The van der Waals surface area contributed by atoms with E-state index in [2.05, 4.69) is 52.8 Å². The average molecular weight is 1370 g/mol. The van der Waals surface area contributed by atoms with Crippen molar-refractivity contribution in [1.82, 2.24) is 57.7 Å². The number of para-hydroxylation sites is 1. The largest absolute Gasteiger partial charge is 0.508 e. The van der Waals surface area contributed by atoms with Crippen LogP contribution in [0.25, 0.3) is 10.9 Å². The van der Waals surface area contributed by atoms with Gasteiger partial charge in [-0.3, -0.25) is 57.5 Å². The van der Waals surface area contributed by atoms with Crippen LogP contribution < -0.4 is 65.1 Å². The van der Waals surface area contributed by atoms with Crippen molar-refractivity contribution in [2.75, 3.05) is 37.7 Å². The third-order valence-corrected chi connectivity index (χ3v) is 19.2. The van der Waals surface area contributed by atoms with Crippen molar-refractivity contribution in [2.45, 2.75) is 164 Å². The SMILES string of the molecule is NCCCC[C@@H]1NC(=O)[C@H](Cc2ccc(O)cc2)NC(=O)[C@H](C2CC2)NC(=O)[C@@H](NC(=O)[C@H](Cc2ccc(O)cc2)NC(=O)[C@@H]2CCCN2C(=O)CCN)CSSC[C@@H](C(N)=O)NC(=O)[C@H](CCC(=O)O)NC(=O)[C@H](Cc2c[nH]c3ccccc23)NC(=O)CCCCCNC1=O. The van der Waals surface area contributed by atoms with Gasteiger partial charge in [0.2, 0.25) is 65.0 Å². The van der Waals surface area contributed by atoms with E-state index in [1.165, 1.54) is 41.3 Å². The van der Waals surface area contributed by atoms with Gasteiger partial charge in [-0.05, 0) is 124 Å². The number of hydrogen-bond acceptors (Lipinski definition) is 18. The predicted molar refractivity (Wildman–Crippen MR) is 358 cm³/mol. The molecule has 19 N–H and O–H groups in total. The molecule has 1 aromatic heterocycles. The maximum Gasteiger partial charge on any atom is 0.303 e. The molecule has 0 radical (unpaired) electrons. The smallest absolute Gasteiger partial charge is 0.303 e. The van der Waals surface area contributed by atoms with E-state index in [0.717, 1.165) is 32.5 Å². The lowest BCUT2D eigenvalue weighted by Gasteiger charge is -2.28. The van der Waals surface area contributed by atoms with Crippen LogP contribution in [0, 0.1) is 5.92 Å². The molecule has 2 aliphatic heterocycles. The van der Waals surface area contributed by atoms with Crippen LogP contribution >= 0.6 is 21.6 Å². The number of aliphatic carboxylic acids is 1. The number of unbranched alkanes of at least 4 members (excludes halogenated alkanes) is 1. The standard InChI is InChI=1S/C65H88N14O15S2/c66-27-6-5-11-45-58(87)69-29-7-1-2-13-53(82)71-49(33-40-34-70-44-10-4-3-9-43(40)44)62(91)73-46(24-25-55(84)85)59(88)76-50(57(68)86)35-95-96-36-51(63(92)78-56(39-18-19-39)65(94)75-48(60(89)72-45)32-38-16-22-42(81)23-17-38)77-61(90)47(31-37-14-20-41(80)21-15-37)74-64(93)52-12-8-30-79(52)54(83)26-28-67/h3-4,9-10,14-17,20-23,34,39,45-52,56,70,80-81H,1-2,5-8,11-13,18-19,24-33,35-36,66-67H2,(H2,68,86)(H,69,87)(H,71,82)(H,72,89)(H,73,91)(H,74,93)(H,75,94)(H,76,88)(H,77,90)(H,78,92)(H,84,85)/t45-,46-,47-,48-,49-,50-,51-,52-,56-/m0/s1. The van der Waals surface area contributed by atoms with Crippen molar-refractivity contribution in [1.29, 1.82) is 0 Å². The molecule has 31 heteroatoms. The first-order chi connectivity index (χ1) is 46.1. The first-order valence-electron chi connectivity index (χ1n) is 32.4. The number of hydrogen-bond donors (Lipinski definition) is 16. The molecule has 3 heterocycles. The fourth-order valence-corrected chi connectivity index (χ4v) is 13.6. The van der Waals surface area contributed by atoms with Crippen molar-refractivity contribution >= 4 is 103 Å². The molecule has 2 saturated heterocycles. The lowest BCUT2D eigenvalue weighted by atomic mass is 10.0. The summed E-state index contributed by atoms with van der Waals surface area (Å²) in [5.41, 5.74) is 19.7. The number of fused-ring (bicyclic) bond motifs is 1. The van der Waals surface area contributed by atoms with Crippen LogP contribution in [0.2, 0.25) is 0 Å². The van der Waals surface area contributed by atoms with Gasteiger partial charge in [-0.25, -0.2) is 0 Å². The van der Waals surface area contributed by atoms with Crippen molar-refractivity contribution in [3.63, 3.8) is 0 Å². The van der Waals surface area contributed by atoms with Crippen LogP contribution in [0.4, 0.5) is 0 Å². The number of rotatable bonds is 21. The normalized spacial score (nSPS) is 23.1. The van der Waals surface area contributed by atoms with Crippen LogP contribution in [-0.4, -0.2) is 188 Å².